The Morgan fingerprint density at radius 3 is 1.96 bits per heavy atom. The van der Waals surface area contributed by atoms with E-state index < -0.39 is 5.60 Å². The Kier molecular flexibility index (Phi) is 4.13. The van der Waals surface area contributed by atoms with Crippen LogP contribution in [-0.2, 0) is 15.1 Å². The van der Waals surface area contributed by atoms with Gasteiger partial charge in [0.2, 0.25) is 11.4 Å². The standard InChI is InChI=1S/C23H18O3/c24-21-16-20(17-10-4-1-5-11-17)23(26-21,19-14-8-3-9-15-19)22(25)18-12-6-2-7-13-18/h1-15,20H,16H2/t20-,23-/m1/s1. The second kappa shape index (κ2) is 6.60. The third-order valence-electron chi connectivity index (χ3n) is 4.91. The molecule has 3 aromatic rings. The molecule has 0 aliphatic carbocycles. The monoisotopic (exact) mass is 342 g/mol. The summed E-state index contributed by atoms with van der Waals surface area (Å²) in [6.07, 6.45) is 0.178. The molecule has 0 N–H and O–H groups in total. The van der Waals surface area contributed by atoms with Crippen molar-refractivity contribution >= 4 is 11.8 Å². The quantitative estimate of drug-likeness (QED) is 0.518. The Balaban J connectivity index is 1.93. The number of carbonyl (C=O) groups excluding carboxylic acids is 2. The van der Waals surface area contributed by atoms with E-state index in [1.54, 1.807) is 12.1 Å². The molecule has 0 bridgehead atoms. The molecular formula is C23H18O3. The second-order valence-electron chi connectivity index (χ2n) is 6.44. The lowest BCUT2D eigenvalue weighted by atomic mass is 9.73. The Morgan fingerprint density at radius 2 is 1.35 bits per heavy atom. The Bertz CT molecular complexity index is 919. The molecule has 1 fully saturated rings. The fourth-order valence-electron chi connectivity index (χ4n) is 3.73. The van der Waals surface area contributed by atoms with Gasteiger partial charge in [0.25, 0.3) is 0 Å². The summed E-state index contributed by atoms with van der Waals surface area (Å²) in [5, 5.41) is 0. The van der Waals surface area contributed by atoms with Gasteiger partial charge in [-0.1, -0.05) is 91.0 Å². The first-order valence-electron chi connectivity index (χ1n) is 8.64. The van der Waals surface area contributed by atoms with Gasteiger partial charge >= 0.3 is 5.97 Å². The van der Waals surface area contributed by atoms with Crippen molar-refractivity contribution in [3.05, 3.63) is 108 Å². The van der Waals surface area contributed by atoms with Crippen LogP contribution in [0.5, 0.6) is 0 Å². The van der Waals surface area contributed by atoms with Gasteiger partial charge in [-0.3, -0.25) is 9.59 Å². The molecule has 3 heteroatoms. The number of cyclic esters (lactones) is 1. The predicted molar refractivity (Wildman–Crippen MR) is 98.8 cm³/mol. The summed E-state index contributed by atoms with van der Waals surface area (Å²) in [5.74, 6) is -0.915. The lowest BCUT2D eigenvalue weighted by Crippen LogP contribution is -2.40. The fraction of sp³-hybridized carbons (Fsp3) is 0.130. The van der Waals surface area contributed by atoms with Crippen molar-refractivity contribution in [2.45, 2.75) is 17.9 Å². The van der Waals surface area contributed by atoms with Crippen LogP contribution in [0.3, 0.4) is 0 Å². The lowest BCUT2D eigenvalue weighted by Gasteiger charge is -2.33. The number of rotatable bonds is 4. The number of hydrogen-bond acceptors (Lipinski definition) is 3. The molecule has 26 heavy (non-hydrogen) atoms. The van der Waals surface area contributed by atoms with Crippen molar-refractivity contribution in [3.63, 3.8) is 0 Å². The van der Waals surface area contributed by atoms with Gasteiger partial charge in [0.1, 0.15) is 0 Å². The normalized spacial score (nSPS) is 22.0. The molecule has 1 heterocycles. The van der Waals surface area contributed by atoms with Gasteiger partial charge in [-0.15, -0.1) is 0 Å². The summed E-state index contributed by atoms with van der Waals surface area (Å²) in [7, 11) is 0. The third kappa shape index (κ3) is 2.62. The van der Waals surface area contributed by atoms with Crippen LogP contribution in [0, 0.1) is 0 Å². The van der Waals surface area contributed by atoms with E-state index in [0.717, 1.165) is 5.56 Å². The molecule has 3 nitrogen and oxygen atoms in total. The number of Topliss-reactive ketones (excluding diaryl/α,β-unsaturated/α-hetero) is 1. The fourth-order valence-corrected chi connectivity index (χ4v) is 3.73. The molecular weight excluding hydrogens is 324 g/mol. The first-order chi connectivity index (χ1) is 12.7. The zero-order valence-electron chi connectivity index (χ0n) is 14.2. The maximum absolute atomic E-state index is 13.6. The van der Waals surface area contributed by atoms with E-state index in [-0.39, 0.29) is 24.1 Å². The van der Waals surface area contributed by atoms with Gasteiger partial charge in [-0.05, 0) is 5.56 Å². The molecule has 1 aliphatic heterocycles. The predicted octanol–water partition coefficient (Wildman–Crippen LogP) is 4.50. The molecule has 0 saturated carbocycles. The van der Waals surface area contributed by atoms with E-state index in [0.29, 0.717) is 11.1 Å². The minimum absolute atomic E-state index is 0.178. The van der Waals surface area contributed by atoms with Crippen LogP contribution < -0.4 is 0 Å². The number of carbonyl (C=O) groups is 2. The molecule has 0 aromatic heterocycles. The molecule has 0 amide bonds. The molecule has 0 unspecified atom stereocenters. The van der Waals surface area contributed by atoms with Crippen molar-refractivity contribution in [2.24, 2.45) is 0 Å². The SMILES string of the molecule is O=C1C[C@H](c2ccccc2)[C@@](C(=O)c2ccccc2)(c2ccccc2)O1. The number of benzene rings is 3. The number of ketones is 1. The summed E-state index contributed by atoms with van der Waals surface area (Å²) in [4.78, 5) is 26.0. The largest absolute Gasteiger partial charge is 0.445 e. The van der Waals surface area contributed by atoms with Gasteiger partial charge in [-0.25, -0.2) is 0 Å². The summed E-state index contributed by atoms with van der Waals surface area (Å²) in [6.45, 7) is 0. The zero-order chi connectivity index (χ0) is 18.0. The molecule has 4 rings (SSSR count). The van der Waals surface area contributed by atoms with Crippen molar-refractivity contribution in [1.29, 1.82) is 0 Å². The van der Waals surface area contributed by atoms with Gasteiger partial charge in [0, 0.05) is 17.0 Å². The van der Waals surface area contributed by atoms with Crippen LogP contribution >= 0.6 is 0 Å². The first-order valence-corrected chi connectivity index (χ1v) is 8.64. The van der Waals surface area contributed by atoms with Crippen molar-refractivity contribution < 1.29 is 14.3 Å². The second-order valence-corrected chi connectivity index (χ2v) is 6.44. The van der Waals surface area contributed by atoms with Crippen LogP contribution in [0.2, 0.25) is 0 Å². The number of hydrogen-bond donors (Lipinski definition) is 0. The van der Waals surface area contributed by atoms with E-state index in [1.165, 1.54) is 0 Å². The highest BCUT2D eigenvalue weighted by molar-refractivity contribution is 6.06. The zero-order valence-corrected chi connectivity index (χ0v) is 14.2. The van der Waals surface area contributed by atoms with E-state index in [1.807, 2.05) is 78.9 Å². The topological polar surface area (TPSA) is 43.4 Å². The smallest absolute Gasteiger partial charge is 0.307 e. The van der Waals surface area contributed by atoms with Crippen molar-refractivity contribution in [2.75, 3.05) is 0 Å². The van der Waals surface area contributed by atoms with Gasteiger partial charge in [0.05, 0.1) is 6.42 Å². The Labute approximate surface area is 152 Å². The van der Waals surface area contributed by atoms with Gasteiger partial charge in [0.15, 0.2) is 0 Å². The lowest BCUT2D eigenvalue weighted by molar-refractivity contribution is -0.146. The molecule has 3 aromatic carbocycles. The highest BCUT2D eigenvalue weighted by Crippen LogP contribution is 2.49. The summed E-state index contributed by atoms with van der Waals surface area (Å²) < 4.78 is 5.83. The molecule has 1 saturated heterocycles. The highest BCUT2D eigenvalue weighted by atomic mass is 16.6. The van der Waals surface area contributed by atoms with E-state index in [4.69, 9.17) is 4.74 Å². The average molecular weight is 342 g/mol. The molecule has 0 spiro atoms. The van der Waals surface area contributed by atoms with Crippen LogP contribution in [0.15, 0.2) is 91.0 Å². The minimum Gasteiger partial charge on any atom is -0.445 e. The van der Waals surface area contributed by atoms with Crippen molar-refractivity contribution in [3.8, 4) is 0 Å². The summed E-state index contributed by atoms with van der Waals surface area (Å²) in [6, 6.07) is 28.0. The Hall–Kier alpha value is -3.20. The van der Waals surface area contributed by atoms with Crippen LogP contribution in [0.4, 0.5) is 0 Å². The number of esters is 1. The highest BCUT2D eigenvalue weighted by Gasteiger charge is 2.56. The van der Waals surface area contributed by atoms with Gasteiger partial charge < -0.3 is 4.74 Å². The maximum atomic E-state index is 13.6. The van der Waals surface area contributed by atoms with E-state index in [2.05, 4.69) is 0 Å². The third-order valence-corrected chi connectivity index (χ3v) is 4.91. The van der Waals surface area contributed by atoms with Crippen LogP contribution in [0.25, 0.3) is 0 Å². The van der Waals surface area contributed by atoms with Crippen LogP contribution in [-0.4, -0.2) is 11.8 Å². The summed E-state index contributed by atoms with van der Waals surface area (Å²) in [5.41, 5.74) is 0.813. The Morgan fingerprint density at radius 1 is 0.808 bits per heavy atom. The summed E-state index contributed by atoms with van der Waals surface area (Å²) >= 11 is 0. The molecule has 0 radical (unpaired) electrons. The molecule has 2 atom stereocenters. The first kappa shape index (κ1) is 16.3. The maximum Gasteiger partial charge on any atom is 0.307 e. The van der Waals surface area contributed by atoms with E-state index >= 15 is 0 Å². The van der Waals surface area contributed by atoms with E-state index in [9.17, 15) is 9.59 Å². The number of ether oxygens (including phenoxy) is 1. The molecule has 1 aliphatic rings. The minimum atomic E-state index is -1.35. The van der Waals surface area contributed by atoms with Crippen molar-refractivity contribution in [1.82, 2.24) is 0 Å². The van der Waals surface area contributed by atoms with Crippen LogP contribution in [0.1, 0.15) is 33.8 Å². The average Bonchev–Trinajstić information content (AvgIpc) is 3.08. The molecule has 128 valence electrons. The van der Waals surface area contributed by atoms with Gasteiger partial charge in [-0.2, -0.15) is 0 Å².